The predicted molar refractivity (Wildman–Crippen MR) is 107 cm³/mol. The van der Waals surface area contributed by atoms with E-state index in [9.17, 15) is 4.79 Å². The van der Waals surface area contributed by atoms with Gasteiger partial charge in [0, 0.05) is 37.8 Å². The van der Waals surface area contributed by atoms with Crippen molar-refractivity contribution in [1.29, 1.82) is 0 Å². The van der Waals surface area contributed by atoms with E-state index in [1.807, 2.05) is 22.9 Å². The molecule has 0 aliphatic carbocycles. The van der Waals surface area contributed by atoms with Gasteiger partial charge < -0.3 is 14.2 Å². The predicted octanol–water partition coefficient (Wildman–Crippen LogP) is 4.39. The third-order valence-electron chi connectivity index (χ3n) is 4.56. The van der Waals surface area contributed by atoms with Gasteiger partial charge in [-0.15, -0.1) is 0 Å². The lowest BCUT2D eigenvalue weighted by Crippen LogP contribution is -2.39. The number of fused-ring (bicyclic) bond motifs is 1. The van der Waals surface area contributed by atoms with Crippen LogP contribution in [0.2, 0.25) is 0 Å². The van der Waals surface area contributed by atoms with Gasteiger partial charge in [-0.25, -0.2) is 4.79 Å². The molecule has 1 aromatic carbocycles. The molecule has 0 atom stereocenters. The SMILES string of the molecule is CC(C)n1nccc1-c1ncccc1COc1cccc2c1C(=O)OC(C)(C)O2. The highest BCUT2D eigenvalue weighted by Crippen LogP contribution is 2.37. The molecular weight excluding hydrogens is 370 g/mol. The molecular formula is C22H23N3O4. The molecule has 7 heteroatoms. The van der Waals surface area contributed by atoms with Gasteiger partial charge in [0.1, 0.15) is 23.7 Å². The lowest BCUT2D eigenvalue weighted by Gasteiger charge is -2.32. The Labute approximate surface area is 169 Å². The fourth-order valence-electron chi connectivity index (χ4n) is 3.33. The van der Waals surface area contributed by atoms with Gasteiger partial charge in [0.25, 0.3) is 0 Å². The van der Waals surface area contributed by atoms with Crippen LogP contribution in [0.25, 0.3) is 11.4 Å². The first-order valence-corrected chi connectivity index (χ1v) is 9.51. The number of benzene rings is 1. The third-order valence-corrected chi connectivity index (χ3v) is 4.56. The second-order valence-electron chi connectivity index (χ2n) is 7.58. The van der Waals surface area contributed by atoms with Crippen LogP contribution in [0.15, 0.2) is 48.8 Å². The topological polar surface area (TPSA) is 75.5 Å². The maximum absolute atomic E-state index is 12.5. The van der Waals surface area contributed by atoms with Crippen LogP contribution in [-0.2, 0) is 11.3 Å². The number of carbonyl (C=O) groups is 1. The minimum Gasteiger partial charge on any atom is -0.488 e. The molecule has 0 saturated heterocycles. The molecule has 0 N–H and O–H groups in total. The number of aromatic nitrogens is 3. The van der Waals surface area contributed by atoms with Crippen LogP contribution >= 0.6 is 0 Å². The van der Waals surface area contributed by atoms with Crippen molar-refractivity contribution in [2.45, 2.75) is 46.1 Å². The number of esters is 1. The Morgan fingerprint density at radius 3 is 2.72 bits per heavy atom. The highest BCUT2D eigenvalue weighted by Gasteiger charge is 2.36. The largest absolute Gasteiger partial charge is 0.488 e. The zero-order chi connectivity index (χ0) is 20.6. The minimum absolute atomic E-state index is 0.201. The van der Waals surface area contributed by atoms with Crippen molar-refractivity contribution in [3.63, 3.8) is 0 Å². The molecule has 29 heavy (non-hydrogen) atoms. The normalized spacial score (nSPS) is 14.9. The van der Waals surface area contributed by atoms with Crippen molar-refractivity contribution >= 4 is 5.97 Å². The van der Waals surface area contributed by atoms with E-state index >= 15 is 0 Å². The van der Waals surface area contributed by atoms with Crippen molar-refractivity contribution in [1.82, 2.24) is 14.8 Å². The Morgan fingerprint density at radius 2 is 1.93 bits per heavy atom. The molecule has 0 fully saturated rings. The van der Waals surface area contributed by atoms with E-state index in [1.165, 1.54) is 0 Å². The van der Waals surface area contributed by atoms with Crippen LogP contribution in [0.5, 0.6) is 11.5 Å². The molecule has 4 rings (SSSR count). The van der Waals surface area contributed by atoms with Gasteiger partial charge in [0.2, 0.25) is 5.79 Å². The summed E-state index contributed by atoms with van der Waals surface area (Å²) in [5.74, 6) is -0.603. The monoisotopic (exact) mass is 393 g/mol. The quantitative estimate of drug-likeness (QED) is 0.599. The van der Waals surface area contributed by atoms with E-state index in [2.05, 4.69) is 23.9 Å². The summed E-state index contributed by atoms with van der Waals surface area (Å²) in [7, 11) is 0. The first-order valence-electron chi connectivity index (χ1n) is 9.51. The fraction of sp³-hybridized carbons (Fsp3) is 0.318. The maximum atomic E-state index is 12.5. The molecule has 1 aliphatic heterocycles. The summed E-state index contributed by atoms with van der Waals surface area (Å²) in [6.07, 6.45) is 3.51. The number of carbonyl (C=O) groups excluding carboxylic acids is 1. The average Bonchev–Trinajstić information content (AvgIpc) is 3.15. The summed E-state index contributed by atoms with van der Waals surface area (Å²) in [6.45, 7) is 7.76. The van der Waals surface area contributed by atoms with Crippen molar-refractivity contribution < 1.29 is 19.0 Å². The van der Waals surface area contributed by atoms with Crippen LogP contribution < -0.4 is 9.47 Å². The Kier molecular flexibility index (Phi) is 4.74. The van der Waals surface area contributed by atoms with Gasteiger partial charge in [0.05, 0.1) is 11.4 Å². The third kappa shape index (κ3) is 3.68. The van der Waals surface area contributed by atoms with E-state index in [-0.39, 0.29) is 12.6 Å². The van der Waals surface area contributed by atoms with Gasteiger partial charge >= 0.3 is 5.97 Å². The number of rotatable bonds is 5. The Bertz CT molecular complexity index is 1060. The summed E-state index contributed by atoms with van der Waals surface area (Å²) in [5.41, 5.74) is 2.89. The standard InChI is InChI=1S/C22H23N3O4/c1-14(2)25-16(10-12-24-25)20-15(7-6-11-23-20)13-27-17-8-5-9-18-19(17)21(26)29-22(3,4)28-18/h5-12,14H,13H2,1-4H3. The van der Waals surface area contributed by atoms with E-state index in [0.29, 0.717) is 17.1 Å². The average molecular weight is 393 g/mol. The second-order valence-corrected chi connectivity index (χ2v) is 7.58. The van der Waals surface area contributed by atoms with Gasteiger partial charge in [0.15, 0.2) is 0 Å². The smallest absolute Gasteiger partial charge is 0.349 e. The van der Waals surface area contributed by atoms with Gasteiger partial charge in [-0.1, -0.05) is 12.1 Å². The Hall–Kier alpha value is -3.35. The molecule has 0 amide bonds. The lowest BCUT2D eigenvalue weighted by atomic mass is 10.1. The van der Waals surface area contributed by atoms with Crippen molar-refractivity contribution in [2.75, 3.05) is 0 Å². The van der Waals surface area contributed by atoms with Crippen molar-refractivity contribution in [3.8, 4) is 22.9 Å². The molecule has 1 aliphatic rings. The molecule has 2 aromatic heterocycles. The molecule has 0 radical (unpaired) electrons. The second kappa shape index (κ2) is 7.24. The zero-order valence-corrected chi connectivity index (χ0v) is 16.9. The Balaban J connectivity index is 1.64. The first-order chi connectivity index (χ1) is 13.9. The summed E-state index contributed by atoms with van der Waals surface area (Å²) in [6, 6.07) is 11.2. The van der Waals surface area contributed by atoms with Crippen LogP contribution in [0.1, 0.15) is 49.7 Å². The Morgan fingerprint density at radius 1 is 1.10 bits per heavy atom. The minimum atomic E-state index is -1.01. The van der Waals surface area contributed by atoms with Crippen molar-refractivity contribution in [2.24, 2.45) is 0 Å². The number of hydrogen-bond acceptors (Lipinski definition) is 6. The van der Waals surface area contributed by atoms with Crippen LogP contribution in [0.4, 0.5) is 0 Å². The number of cyclic esters (lactones) is 1. The number of hydrogen-bond donors (Lipinski definition) is 0. The molecule has 0 spiro atoms. The molecule has 3 heterocycles. The summed E-state index contributed by atoms with van der Waals surface area (Å²) in [4.78, 5) is 17.0. The number of ether oxygens (including phenoxy) is 3. The zero-order valence-electron chi connectivity index (χ0n) is 16.9. The van der Waals surface area contributed by atoms with Gasteiger partial charge in [-0.3, -0.25) is 9.67 Å². The van der Waals surface area contributed by atoms with Crippen LogP contribution in [0.3, 0.4) is 0 Å². The summed E-state index contributed by atoms with van der Waals surface area (Å²) in [5, 5.41) is 4.39. The van der Waals surface area contributed by atoms with E-state index in [1.54, 1.807) is 44.4 Å². The highest BCUT2D eigenvalue weighted by molar-refractivity contribution is 5.96. The van der Waals surface area contributed by atoms with Crippen LogP contribution in [0, 0.1) is 0 Å². The van der Waals surface area contributed by atoms with Crippen LogP contribution in [-0.4, -0.2) is 26.5 Å². The van der Waals surface area contributed by atoms with E-state index in [4.69, 9.17) is 14.2 Å². The summed E-state index contributed by atoms with van der Waals surface area (Å²) < 4.78 is 19.1. The molecule has 0 saturated carbocycles. The summed E-state index contributed by atoms with van der Waals surface area (Å²) >= 11 is 0. The first kappa shape index (κ1) is 19.0. The molecule has 3 aromatic rings. The molecule has 0 unspecified atom stereocenters. The lowest BCUT2D eigenvalue weighted by molar-refractivity contribution is -0.127. The maximum Gasteiger partial charge on any atom is 0.349 e. The highest BCUT2D eigenvalue weighted by atomic mass is 16.7. The molecule has 150 valence electrons. The fourth-order valence-corrected chi connectivity index (χ4v) is 3.33. The van der Waals surface area contributed by atoms with Gasteiger partial charge in [-0.05, 0) is 38.1 Å². The number of nitrogens with zero attached hydrogens (tertiary/aromatic N) is 3. The number of pyridine rings is 1. The van der Waals surface area contributed by atoms with Gasteiger partial charge in [-0.2, -0.15) is 5.10 Å². The van der Waals surface area contributed by atoms with E-state index in [0.717, 1.165) is 17.0 Å². The van der Waals surface area contributed by atoms with Crippen molar-refractivity contribution in [3.05, 3.63) is 59.9 Å². The molecule has 7 nitrogen and oxygen atoms in total. The molecule has 0 bridgehead atoms. The van der Waals surface area contributed by atoms with E-state index < -0.39 is 11.8 Å².